The Balaban J connectivity index is 1.55. The van der Waals surface area contributed by atoms with Crippen LogP contribution < -0.4 is 0 Å². The van der Waals surface area contributed by atoms with Crippen LogP contribution in [0.1, 0.15) is 35.7 Å². The van der Waals surface area contributed by atoms with Crippen molar-refractivity contribution in [1.29, 1.82) is 0 Å². The second-order valence-electron chi connectivity index (χ2n) is 7.25. The number of benzene rings is 1. The minimum absolute atomic E-state index is 0.0317. The number of piperidine rings is 1. The lowest BCUT2D eigenvalue weighted by atomic mass is 9.74. The molecule has 1 aromatic carbocycles. The average molecular weight is 369 g/mol. The zero-order valence-electron chi connectivity index (χ0n) is 14.9. The molecule has 0 N–H and O–H groups in total. The van der Waals surface area contributed by atoms with Gasteiger partial charge in [-0.15, -0.1) is 0 Å². The Morgan fingerprint density at radius 2 is 1.96 bits per heavy atom. The summed E-state index contributed by atoms with van der Waals surface area (Å²) in [7, 11) is 1.88. The highest BCUT2D eigenvalue weighted by molar-refractivity contribution is 6.30. The van der Waals surface area contributed by atoms with Gasteiger partial charge in [-0.25, -0.2) is 9.97 Å². The van der Waals surface area contributed by atoms with Crippen molar-refractivity contribution in [3.8, 4) is 0 Å². The Hall–Kier alpha value is -2.40. The van der Waals surface area contributed by atoms with Crippen LogP contribution in [0.3, 0.4) is 0 Å². The van der Waals surface area contributed by atoms with E-state index in [0.717, 1.165) is 36.6 Å². The molecule has 2 aromatic heterocycles. The molecule has 1 aliphatic rings. The number of nitrogens with zero attached hydrogens (tertiary/aromatic N) is 4. The number of hydrogen-bond donors (Lipinski definition) is 0. The van der Waals surface area contributed by atoms with Crippen LogP contribution in [-0.4, -0.2) is 38.4 Å². The number of rotatable bonds is 2. The molecule has 0 bridgehead atoms. The number of imidazole rings is 1. The molecule has 6 heteroatoms. The molecule has 26 heavy (non-hydrogen) atoms. The van der Waals surface area contributed by atoms with E-state index >= 15 is 0 Å². The molecule has 5 nitrogen and oxygen atoms in total. The van der Waals surface area contributed by atoms with Crippen LogP contribution in [0.5, 0.6) is 0 Å². The van der Waals surface area contributed by atoms with Gasteiger partial charge in [0.15, 0.2) is 5.65 Å². The van der Waals surface area contributed by atoms with Gasteiger partial charge in [-0.05, 0) is 42.0 Å². The van der Waals surface area contributed by atoms with Crippen molar-refractivity contribution in [3.63, 3.8) is 0 Å². The topological polar surface area (TPSA) is 51.0 Å². The smallest absolute Gasteiger partial charge is 0.256 e. The van der Waals surface area contributed by atoms with Gasteiger partial charge >= 0.3 is 0 Å². The van der Waals surface area contributed by atoms with Crippen LogP contribution in [-0.2, 0) is 12.5 Å². The molecule has 0 atom stereocenters. The zero-order valence-corrected chi connectivity index (χ0v) is 15.7. The Morgan fingerprint density at radius 3 is 2.69 bits per heavy atom. The van der Waals surface area contributed by atoms with Crippen molar-refractivity contribution >= 4 is 28.7 Å². The third kappa shape index (κ3) is 2.86. The normalized spacial score (nSPS) is 16.8. The highest BCUT2D eigenvalue weighted by Crippen LogP contribution is 2.36. The van der Waals surface area contributed by atoms with Crippen LogP contribution in [0.25, 0.3) is 11.2 Å². The molecule has 1 saturated heterocycles. The summed E-state index contributed by atoms with van der Waals surface area (Å²) in [5.74, 6) is 0.0317. The van der Waals surface area contributed by atoms with E-state index in [2.05, 4.69) is 23.0 Å². The van der Waals surface area contributed by atoms with E-state index in [4.69, 9.17) is 11.6 Å². The molecule has 0 spiro atoms. The largest absolute Gasteiger partial charge is 0.339 e. The van der Waals surface area contributed by atoms with E-state index in [-0.39, 0.29) is 11.3 Å². The molecule has 0 radical (unpaired) electrons. The molecule has 0 unspecified atom stereocenters. The number of aryl methyl sites for hydroxylation is 1. The summed E-state index contributed by atoms with van der Waals surface area (Å²) in [6, 6.07) is 9.83. The Bertz CT molecular complexity index is 973. The summed E-state index contributed by atoms with van der Waals surface area (Å²) in [6.45, 7) is 3.70. The quantitative estimate of drug-likeness (QED) is 0.691. The number of halogens is 1. The average Bonchev–Trinajstić information content (AvgIpc) is 3.03. The molecule has 1 aliphatic heterocycles. The number of pyridine rings is 1. The van der Waals surface area contributed by atoms with E-state index in [9.17, 15) is 4.79 Å². The van der Waals surface area contributed by atoms with Gasteiger partial charge in [0.25, 0.3) is 5.91 Å². The summed E-state index contributed by atoms with van der Waals surface area (Å²) in [6.07, 6.45) is 5.20. The second-order valence-corrected chi connectivity index (χ2v) is 7.69. The zero-order chi connectivity index (χ0) is 18.3. The molecule has 0 saturated carbocycles. The lowest BCUT2D eigenvalue weighted by Crippen LogP contribution is -2.44. The van der Waals surface area contributed by atoms with Crippen LogP contribution in [0, 0.1) is 0 Å². The number of carbonyl (C=O) groups is 1. The third-order valence-corrected chi connectivity index (χ3v) is 5.74. The van der Waals surface area contributed by atoms with Crippen molar-refractivity contribution in [2.75, 3.05) is 13.1 Å². The van der Waals surface area contributed by atoms with E-state index < -0.39 is 0 Å². The van der Waals surface area contributed by atoms with Crippen LogP contribution in [0.2, 0.25) is 5.02 Å². The lowest BCUT2D eigenvalue weighted by molar-refractivity contribution is 0.0678. The first-order valence-corrected chi connectivity index (χ1v) is 9.17. The van der Waals surface area contributed by atoms with Gasteiger partial charge < -0.3 is 9.47 Å². The highest BCUT2D eigenvalue weighted by atomic mass is 35.5. The van der Waals surface area contributed by atoms with Crippen molar-refractivity contribution in [1.82, 2.24) is 19.4 Å². The maximum Gasteiger partial charge on any atom is 0.256 e. The number of amides is 1. The molecule has 1 fully saturated rings. The summed E-state index contributed by atoms with van der Waals surface area (Å²) in [5, 5.41) is 0.761. The molecule has 3 aromatic rings. The van der Waals surface area contributed by atoms with Crippen LogP contribution in [0.15, 0.2) is 42.9 Å². The minimum Gasteiger partial charge on any atom is -0.339 e. The summed E-state index contributed by atoms with van der Waals surface area (Å²) < 4.78 is 1.83. The van der Waals surface area contributed by atoms with Gasteiger partial charge in [-0.2, -0.15) is 0 Å². The van der Waals surface area contributed by atoms with Crippen molar-refractivity contribution < 1.29 is 4.79 Å². The van der Waals surface area contributed by atoms with Gasteiger partial charge in [-0.1, -0.05) is 30.7 Å². The number of likely N-dealkylation sites (tertiary alicyclic amines) is 1. The number of carbonyl (C=O) groups excluding carboxylic acids is 1. The van der Waals surface area contributed by atoms with Gasteiger partial charge in [0.05, 0.1) is 11.9 Å². The fraction of sp³-hybridized carbons (Fsp3) is 0.350. The van der Waals surface area contributed by atoms with Crippen molar-refractivity contribution in [3.05, 3.63) is 59.0 Å². The molecule has 1 amide bonds. The predicted octanol–water partition coefficient (Wildman–Crippen LogP) is 3.82. The summed E-state index contributed by atoms with van der Waals surface area (Å²) >= 11 is 6.16. The van der Waals surface area contributed by atoms with Crippen LogP contribution >= 0.6 is 11.6 Å². The molecular formula is C20H21ClN4O. The number of aromatic nitrogens is 3. The van der Waals surface area contributed by atoms with Gasteiger partial charge in [0.1, 0.15) is 5.52 Å². The maximum absolute atomic E-state index is 13.1. The van der Waals surface area contributed by atoms with E-state index in [1.807, 2.05) is 34.7 Å². The van der Waals surface area contributed by atoms with E-state index in [0.29, 0.717) is 11.1 Å². The first kappa shape index (κ1) is 17.0. The maximum atomic E-state index is 13.1. The fourth-order valence-electron chi connectivity index (χ4n) is 3.73. The molecule has 3 heterocycles. The Labute approximate surface area is 157 Å². The van der Waals surface area contributed by atoms with Crippen molar-refractivity contribution in [2.45, 2.75) is 25.2 Å². The molecule has 0 aliphatic carbocycles. The Morgan fingerprint density at radius 1 is 1.19 bits per heavy atom. The van der Waals surface area contributed by atoms with Gasteiger partial charge in [-0.3, -0.25) is 4.79 Å². The second kappa shape index (κ2) is 6.40. The first-order valence-electron chi connectivity index (χ1n) is 8.79. The van der Waals surface area contributed by atoms with Gasteiger partial charge in [0.2, 0.25) is 0 Å². The number of fused-ring (bicyclic) bond motifs is 1. The molecule has 4 rings (SSSR count). The highest BCUT2D eigenvalue weighted by Gasteiger charge is 2.34. The summed E-state index contributed by atoms with van der Waals surface area (Å²) in [4.78, 5) is 23.7. The van der Waals surface area contributed by atoms with Crippen LogP contribution in [0.4, 0.5) is 0 Å². The first-order chi connectivity index (χ1) is 12.5. The standard InChI is InChI=1S/C20H21ClN4O/c1-20(14-4-3-5-15(21)12-14)7-10-25(11-8-20)19(26)16-6-9-22-18-17(16)23-13-24(18)2/h3-6,9,12-13H,7-8,10-11H2,1-2H3. The van der Waals surface area contributed by atoms with E-state index in [1.54, 1.807) is 18.6 Å². The fourth-order valence-corrected chi connectivity index (χ4v) is 3.92. The SMILES string of the molecule is Cn1cnc2c(C(=O)N3CCC(C)(c4cccc(Cl)c4)CC3)ccnc21. The minimum atomic E-state index is 0.0317. The summed E-state index contributed by atoms with van der Waals surface area (Å²) in [5.41, 5.74) is 3.31. The molecular weight excluding hydrogens is 348 g/mol. The van der Waals surface area contributed by atoms with Crippen molar-refractivity contribution in [2.24, 2.45) is 7.05 Å². The molecule has 134 valence electrons. The monoisotopic (exact) mass is 368 g/mol. The third-order valence-electron chi connectivity index (χ3n) is 5.51. The van der Waals surface area contributed by atoms with E-state index in [1.165, 1.54) is 5.56 Å². The van der Waals surface area contributed by atoms with Gasteiger partial charge in [0, 0.05) is 31.4 Å². The predicted molar refractivity (Wildman–Crippen MR) is 102 cm³/mol. The lowest BCUT2D eigenvalue weighted by Gasteiger charge is -2.40. The number of hydrogen-bond acceptors (Lipinski definition) is 3. The Kier molecular flexibility index (Phi) is 4.19.